The molecule has 4 rings (SSSR count). The molecule has 1 aliphatic rings. The maximum Gasteiger partial charge on any atom is 0.260 e. The lowest BCUT2D eigenvalue weighted by molar-refractivity contribution is 0.102. The maximum atomic E-state index is 12.6. The Balaban J connectivity index is 1.73. The number of rotatable bonds is 0. The highest BCUT2D eigenvalue weighted by molar-refractivity contribution is 6.05. The zero-order chi connectivity index (χ0) is 17.1. The van der Waals surface area contributed by atoms with Gasteiger partial charge in [0.1, 0.15) is 17.3 Å². The minimum atomic E-state index is -0.236. The Morgan fingerprint density at radius 2 is 2.00 bits per heavy atom. The number of para-hydroxylation sites is 1. The monoisotopic (exact) mass is 334 g/mol. The van der Waals surface area contributed by atoms with Crippen LogP contribution >= 0.6 is 0 Å². The van der Waals surface area contributed by atoms with Crippen molar-refractivity contribution in [2.45, 2.75) is 19.4 Å². The van der Waals surface area contributed by atoms with E-state index in [2.05, 4.69) is 19.9 Å². The summed E-state index contributed by atoms with van der Waals surface area (Å²) in [5, 5.41) is 2.85. The van der Waals surface area contributed by atoms with Gasteiger partial charge in [-0.3, -0.25) is 4.79 Å². The second-order valence-electron chi connectivity index (χ2n) is 5.86. The molecule has 0 radical (unpaired) electrons. The Kier molecular flexibility index (Phi) is 4.16. The van der Waals surface area contributed by atoms with Crippen molar-refractivity contribution in [2.24, 2.45) is 0 Å². The molecule has 25 heavy (non-hydrogen) atoms. The number of ether oxygens (including phenoxy) is 1. The number of hydrogen-bond donors (Lipinski definition) is 1. The average Bonchev–Trinajstić information content (AvgIpc) is 3.10. The van der Waals surface area contributed by atoms with Crippen LogP contribution in [-0.4, -0.2) is 27.0 Å². The van der Waals surface area contributed by atoms with E-state index in [1.165, 1.54) is 0 Å². The summed E-state index contributed by atoms with van der Waals surface area (Å²) in [6, 6.07) is 12.8. The Bertz CT molecular complexity index is 904. The zero-order valence-electron chi connectivity index (χ0n) is 13.7. The second-order valence-corrected chi connectivity index (χ2v) is 5.86. The van der Waals surface area contributed by atoms with Gasteiger partial charge >= 0.3 is 0 Å². The lowest BCUT2D eigenvalue weighted by Crippen LogP contribution is -2.15. The first-order chi connectivity index (χ1) is 12.3. The van der Waals surface area contributed by atoms with E-state index in [-0.39, 0.29) is 5.91 Å². The smallest absolute Gasteiger partial charge is 0.260 e. The summed E-state index contributed by atoms with van der Waals surface area (Å²) < 4.78 is 7.90. The molecule has 0 aliphatic carbocycles. The van der Waals surface area contributed by atoms with Crippen LogP contribution in [0.1, 0.15) is 23.2 Å². The van der Waals surface area contributed by atoms with Crippen molar-refractivity contribution >= 4 is 11.7 Å². The van der Waals surface area contributed by atoms with Crippen LogP contribution in [0.25, 0.3) is 11.5 Å². The fraction of sp³-hybridized carbons (Fsp3) is 0.211. The van der Waals surface area contributed by atoms with E-state index in [9.17, 15) is 4.79 Å². The molecule has 3 heterocycles. The Hall–Kier alpha value is -3.15. The van der Waals surface area contributed by atoms with Gasteiger partial charge in [0, 0.05) is 18.9 Å². The summed E-state index contributed by atoms with van der Waals surface area (Å²) in [5.74, 6) is 1.65. The third-order valence-corrected chi connectivity index (χ3v) is 4.12. The molecule has 1 aromatic carbocycles. The first-order valence-electron chi connectivity index (χ1n) is 8.33. The Morgan fingerprint density at radius 1 is 1.08 bits per heavy atom. The van der Waals surface area contributed by atoms with Crippen LogP contribution in [0.5, 0.6) is 5.75 Å². The number of anilines is 1. The maximum absolute atomic E-state index is 12.6. The Morgan fingerprint density at radius 3 is 2.96 bits per heavy atom. The summed E-state index contributed by atoms with van der Waals surface area (Å²) in [5.41, 5.74) is 1.25. The minimum Gasteiger partial charge on any atom is -0.493 e. The summed E-state index contributed by atoms with van der Waals surface area (Å²) in [6.07, 6.45) is 5.56. The topological polar surface area (TPSA) is 69.0 Å². The van der Waals surface area contributed by atoms with Crippen LogP contribution < -0.4 is 10.1 Å². The molecule has 0 fully saturated rings. The number of fused-ring (bicyclic) bond motifs is 5. The highest BCUT2D eigenvalue weighted by Crippen LogP contribution is 2.22. The van der Waals surface area contributed by atoms with Gasteiger partial charge in [-0.05, 0) is 37.1 Å². The molecule has 0 atom stereocenters. The van der Waals surface area contributed by atoms with Gasteiger partial charge in [0.05, 0.1) is 12.2 Å². The number of nitrogens with one attached hydrogen (secondary N) is 1. The van der Waals surface area contributed by atoms with Gasteiger partial charge in [0.2, 0.25) is 0 Å². The quantitative estimate of drug-likeness (QED) is 0.684. The van der Waals surface area contributed by atoms with Crippen LogP contribution in [-0.2, 0) is 6.54 Å². The largest absolute Gasteiger partial charge is 0.493 e. The highest BCUT2D eigenvalue weighted by Gasteiger charge is 2.15. The van der Waals surface area contributed by atoms with Crippen molar-refractivity contribution in [2.75, 3.05) is 11.9 Å². The fourth-order valence-corrected chi connectivity index (χ4v) is 2.88. The van der Waals surface area contributed by atoms with Gasteiger partial charge in [-0.15, -0.1) is 0 Å². The predicted octanol–water partition coefficient (Wildman–Crippen LogP) is 3.37. The highest BCUT2D eigenvalue weighted by atomic mass is 16.5. The van der Waals surface area contributed by atoms with E-state index in [4.69, 9.17) is 4.74 Å². The number of carbonyl (C=O) groups excluding carboxylic acids is 1. The molecule has 1 N–H and O–H groups in total. The molecule has 0 spiro atoms. The van der Waals surface area contributed by atoms with Crippen LogP contribution in [0, 0.1) is 0 Å². The van der Waals surface area contributed by atoms with Crippen LogP contribution in [0.2, 0.25) is 0 Å². The van der Waals surface area contributed by atoms with Crippen molar-refractivity contribution in [1.29, 1.82) is 0 Å². The van der Waals surface area contributed by atoms with Gasteiger partial charge < -0.3 is 14.6 Å². The number of nitrogens with zero attached hydrogens (tertiary/aromatic N) is 3. The molecule has 6 heteroatoms. The molecule has 3 aromatic rings. The summed E-state index contributed by atoms with van der Waals surface area (Å²) >= 11 is 0. The van der Waals surface area contributed by atoms with Crippen molar-refractivity contribution in [3.05, 3.63) is 60.4 Å². The molecule has 0 saturated carbocycles. The molecule has 126 valence electrons. The molecule has 6 nitrogen and oxygen atoms in total. The summed E-state index contributed by atoms with van der Waals surface area (Å²) in [6.45, 7) is 1.41. The van der Waals surface area contributed by atoms with E-state index in [1.54, 1.807) is 18.3 Å². The molecule has 1 amide bonds. The molecule has 0 unspecified atom stereocenters. The van der Waals surface area contributed by atoms with Gasteiger partial charge in [-0.1, -0.05) is 18.2 Å². The molecule has 1 aliphatic heterocycles. The standard InChI is InChI=1S/C19H18N4O2/c24-19-14-6-1-2-8-16(14)25-13-4-3-11-23-12-10-20-18(23)15-7-5-9-17(21-15)22-19/h1-2,5-10,12H,3-4,11,13H2,(H,21,22,24). The first-order valence-corrected chi connectivity index (χ1v) is 8.33. The lowest BCUT2D eigenvalue weighted by atomic mass is 10.2. The summed E-state index contributed by atoms with van der Waals surface area (Å²) in [4.78, 5) is 21.6. The average molecular weight is 334 g/mol. The number of benzene rings is 1. The number of carbonyl (C=O) groups is 1. The summed E-state index contributed by atoms with van der Waals surface area (Å²) in [7, 11) is 0. The predicted molar refractivity (Wildman–Crippen MR) is 94.6 cm³/mol. The Labute approximate surface area is 145 Å². The second kappa shape index (κ2) is 6.76. The van der Waals surface area contributed by atoms with Crippen molar-refractivity contribution in [3.63, 3.8) is 0 Å². The van der Waals surface area contributed by atoms with E-state index in [1.807, 2.05) is 36.5 Å². The number of aromatic nitrogens is 3. The van der Waals surface area contributed by atoms with Crippen LogP contribution in [0.4, 0.5) is 5.82 Å². The van der Waals surface area contributed by atoms with Gasteiger partial charge in [0.15, 0.2) is 5.82 Å². The number of pyridine rings is 1. The molecule has 0 saturated heterocycles. The SMILES string of the molecule is O=C1Nc2cccc(n2)-c2nccn2CCCCOc2ccccc21. The van der Waals surface area contributed by atoms with Crippen molar-refractivity contribution in [1.82, 2.24) is 14.5 Å². The fourth-order valence-electron chi connectivity index (χ4n) is 2.88. The van der Waals surface area contributed by atoms with Crippen LogP contribution in [0.3, 0.4) is 0 Å². The number of imidazole rings is 1. The van der Waals surface area contributed by atoms with Crippen molar-refractivity contribution < 1.29 is 9.53 Å². The number of hydrogen-bond acceptors (Lipinski definition) is 4. The van der Waals surface area contributed by atoms with E-state index in [0.29, 0.717) is 23.7 Å². The van der Waals surface area contributed by atoms with Crippen LogP contribution in [0.15, 0.2) is 54.9 Å². The zero-order valence-corrected chi connectivity index (χ0v) is 13.7. The lowest BCUT2D eigenvalue weighted by Gasteiger charge is -2.14. The number of aryl methyl sites for hydroxylation is 1. The molecule has 2 aromatic heterocycles. The van der Waals surface area contributed by atoms with Gasteiger partial charge in [0.25, 0.3) is 5.91 Å². The molecular weight excluding hydrogens is 316 g/mol. The van der Waals surface area contributed by atoms with E-state index in [0.717, 1.165) is 30.9 Å². The van der Waals surface area contributed by atoms with Crippen molar-refractivity contribution in [3.8, 4) is 17.3 Å². The first kappa shape index (κ1) is 15.4. The normalized spacial score (nSPS) is 14.5. The number of amides is 1. The van der Waals surface area contributed by atoms with E-state index < -0.39 is 0 Å². The molecule has 2 bridgehead atoms. The van der Waals surface area contributed by atoms with Gasteiger partial charge in [-0.25, -0.2) is 9.97 Å². The minimum absolute atomic E-state index is 0.236. The van der Waals surface area contributed by atoms with E-state index >= 15 is 0 Å². The van der Waals surface area contributed by atoms with Gasteiger partial charge in [-0.2, -0.15) is 0 Å². The third-order valence-electron chi connectivity index (χ3n) is 4.12. The molecular formula is C19H18N4O2. The third kappa shape index (κ3) is 3.24.